The lowest BCUT2D eigenvalue weighted by Gasteiger charge is -2.29. The van der Waals surface area contributed by atoms with Gasteiger partial charge in [-0.25, -0.2) is 0 Å². The van der Waals surface area contributed by atoms with Crippen molar-refractivity contribution in [3.05, 3.63) is 51.2 Å². The van der Waals surface area contributed by atoms with Crippen LogP contribution in [0.5, 0.6) is 5.75 Å². The van der Waals surface area contributed by atoms with Crippen LogP contribution in [0.3, 0.4) is 0 Å². The lowest BCUT2D eigenvalue weighted by molar-refractivity contribution is -0.133. The van der Waals surface area contributed by atoms with Crippen LogP contribution in [-0.2, 0) is 34.0 Å². The largest absolute Gasteiger partial charge is 0.488 e. The number of nitrogens with zero attached hydrogens (tertiary/aromatic N) is 2. The summed E-state index contributed by atoms with van der Waals surface area (Å²) >= 11 is 1.43. The molecule has 1 saturated carbocycles. The van der Waals surface area contributed by atoms with Gasteiger partial charge in [0.1, 0.15) is 18.1 Å². The summed E-state index contributed by atoms with van der Waals surface area (Å²) in [4.78, 5) is 42.3. The Hall–Kier alpha value is -2.55. The number of amides is 1. The third-order valence-corrected chi connectivity index (χ3v) is 7.42. The van der Waals surface area contributed by atoms with Crippen LogP contribution in [0.4, 0.5) is 0 Å². The first kappa shape index (κ1) is 21.3. The maximum Gasteiger partial charge on any atom is 0.265 e. The quantitative estimate of drug-likeness (QED) is 0.625. The van der Waals surface area contributed by atoms with Crippen LogP contribution >= 0.6 is 11.3 Å². The summed E-state index contributed by atoms with van der Waals surface area (Å²) in [5.41, 5.74) is 2.20. The van der Waals surface area contributed by atoms with E-state index in [2.05, 4.69) is 17.0 Å². The molecule has 0 spiro atoms. The molecule has 1 amide bonds. The van der Waals surface area contributed by atoms with Crippen molar-refractivity contribution in [2.24, 2.45) is 0 Å². The van der Waals surface area contributed by atoms with E-state index < -0.39 is 6.04 Å². The third kappa shape index (κ3) is 4.48. The first-order valence-corrected chi connectivity index (χ1v) is 11.9. The Balaban J connectivity index is 1.16. The van der Waals surface area contributed by atoms with Gasteiger partial charge in [-0.05, 0) is 35.7 Å². The highest BCUT2D eigenvalue weighted by atomic mass is 32.1. The van der Waals surface area contributed by atoms with Crippen LogP contribution in [0.1, 0.15) is 44.9 Å². The van der Waals surface area contributed by atoms with Gasteiger partial charge in [0.2, 0.25) is 0 Å². The highest BCUT2D eigenvalue weighted by molar-refractivity contribution is 7.14. The van der Waals surface area contributed by atoms with Crippen LogP contribution in [0.2, 0.25) is 0 Å². The number of ether oxygens (including phenoxy) is 2. The van der Waals surface area contributed by atoms with Crippen LogP contribution in [0.15, 0.2) is 30.3 Å². The molecule has 0 unspecified atom stereocenters. The van der Waals surface area contributed by atoms with Gasteiger partial charge in [0.25, 0.3) is 5.91 Å². The Morgan fingerprint density at radius 2 is 1.88 bits per heavy atom. The second-order valence-corrected chi connectivity index (χ2v) is 9.69. The van der Waals surface area contributed by atoms with Gasteiger partial charge in [0.15, 0.2) is 5.78 Å². The Morgan fingerprint density at radius 3 is 2.59 bits per heavy atom. The Labute approximate surface area is 190 Å². The summed E-state index contributed by atoms with van der Waals surface area (Å²) in [6, 6.07) is 9.69. The van der Waals surface area contributed by atoms with Crippen LogP contribution in [0.25, 0.3) is 0 Å². The molecule has 0 radical (unpaired) electrons. The molecule has 8 heteroatoms. The van der Waals surface area contributed by atoms with Crippen molar-refractivity contribution in [2.75, 3.05) is 26.3 Å². The van der Waals surface area contributed by atoms with E-state index in [0.29, 0.717) is 30.9 Å². The van der Waals surface area contributed by atoms with Crippen LogP contribution < -0.4 is 4.74 Å². The number of hydrogen-bond acceptors (Lipinski definition) is 7. The second-order valence-electron chi connectivity index (χ2n) is 8.56. The summed E-state index contributed by atoms with van der Waals surface area (Å²) in [6.07, 6.45) is 0.764. The molecule has 0 N–H and O–H groups in total. The maximum absolute atomic E-state index is 12.9. The third-order valence-electron chi connectivity index (χ3n) is 6.29. The van der Waals surface area contributed by atoms with Crippen LogP contribution in [0, 0.1) is 0 Å². The number of fused-ring (bicyclic) bond motifs is 1. The first-order valence-electron chi connectivity index (χ1n) is 11.1. The zero-order valence-electron chi connectivity index (χ0n) is 17.9. The molecule has 7 nitrogen and oxygen atoms in total. The number of benzene rings is 1. The summed E-state index contributed by atoms with van der Waals surface area (Å²) in [5, 5.41) is 0. The van der Waals surface area contributed by atoms with Crippen molar-refractivity contribution in [3.8, 4) is 5.75 Å². The molecule has 1 saturated heterocycles. The highest BCUT2D eigenvalue weighted by Crippen LogP contribution is 2.34. The second kappa shape index (κ2) is 9.13. The van der Waals surface area contributed by atoms with Gasteiger partial charge in [0.05, 0.1) is 30.6 Å². The minimum Gasteiger partial charge on any atom is -0.488 e. The minimum absolute atomic E-state index is 0.0266. The van der Waals surface area contributed by atoms with Crippen molar-refractivity contribution in [2.45, 2.75) is 45.0 Å². The monoisotopic (exact) mass is 454 g/mol. The number of rotatable bonds is 6. The van der Waals surface area contributed by atoms with Gasteiger partial charge in [0, 0.05) is 37.5 Å². The number of hydrogen-bond donors (Lipinski definition) is 0. The summed E-state index contributed by atoms with van der Waals surface area (Å²) in [6.45, 7) is 5.27. The molecule has 1 aliphatic carbocycles. The molecule has 2 aliphatic heterocycles. The number of ketones is 2. The fraction of sp³-hybridized carbons (Fsp3) is 0.458. The van der Waals surface area contributed by atoms with E-state index in [9.17, 15) is 14.4 Å². The summed E-state index contributed by atoms with van der Waals surface area (Å²) in [5.74, 6) is 0.540. The number of carbonyl (C=O) groups excluding carboxylic acids is 3. The van der Waals surface area contributed by atoms with E-state index in [1.54, 1.807) is 4.90 Å². The standard InChI is InChI=1S/C24H26N2O5S/c27-18-3-6-21(22(28)12-18)26-14-17-11-20(32-23(17)24(26)29)15-31-19-4-1-16(2-5-19)13-25-7-9-30-10-8-25/h1-2,4-5,11,21H,3,6-10,12-15H2/t21-/m0/s1. The molecule has 1 aromatic heterocycles. The first-order chi connectivity index (χ1) is 15.6. The van der Waals surface area contributed by atoms with E-state index in [4.69, 9.17) is 9.47 Å². The number of Topliss-reactive ketones (excluding diaryl/α,β-unsaturated/α-hetero) is 2. The van der Waals surface area contributed by atoms with Gasteiger partial charge in [-0.3, -0.25) is 19.3 Å². The minimum atomic E-state index is -0.463. The Kier molecular flexibility index (Phi) is 6.08. The van der Waals surface area contributed by atoms with Crippen molar-refractivity contribution in [3.63, 3.8) is 0 Å². The zero-order chi connectivity index (χ0) is 22.1. The van der Waals surface area contributed by atoms with E-state index in [1.807, 2.05) is 18.2 Å². The average Bonchev–Trinajstić information content (AvgIpc) is 3.33. The Morgan fingerprint density at radius 1 is 1.09 bits per heavy atom. The molecule has 2 fully saturated rings. The summed E-state index contributed by atoms with van der Waals surface area (Å²) < 4.78 is 11.3. The van der Waals surface area contributed by atoms with Gasteiger partial charge < -0.3 is 14.4 Å². The van der Waals surface area contributed by atoms with E-state index >= 15 is 0 Å². The molecule has 3 heterocycles. The Bertz CT molecular complexity index is 1030. The average molecular weight is 455 g/mol. The lowest BCUT2D eigenvalue weighted by Crippen LogP contribution is -2.44. The molecular weight excluding hydrogens is 428 g/mol. The SMILES string of the molecule is O=C1CC[C@H](N2Cc3cc(COc4ccc(CN5CCOCC5)cc4)sc3C2=O)C(=O)C1. The zero-order valence-corrected chi connectivity index (χ0v) is 18.7. The molecule has 5 rings (SSSR count). The maximum atomic E-state index is 12.9. The fourth-order valence-electron chi connectivity index (χ4n) is 4.54. The molecular formula is C24H26N2O5S. The van der Waals surface area contributed by atoms with E-state index in [1.165, 1.54) is 16.9 Å². The van der Waals surface area contributed by atoms with Crippen molar-refractivity contribution in [1.82, 2.24) is 9.80 Å². The van der Waals surface area contributed by atoms with E-state index in [-0.39, 0.29) is 23.9 Å². The molecule has 1 aromatic carbocycles. The lowest BCUT2D eigenvalue weighted by atomic mass is 9.92. The normalized spacial score (nSPS) is 21.8. The molecule has 1 atom stereocenters. The summed E-state index contributed by atoms with van der Waals surface area (Å²) in [7, 11) is 0. The van der Waals surface area contributed by atoms with Crippen molar-refractivity contribution < 1.29 is 23.9 Å². The van der Waals surface area contributed by atoms with Crippen molar-refractivity contribution >= 4 is 28.8 Å². The number of carbonyl (C=O) groups is 3. The molecule has 0 bridgehead atoms. The van der Waals surface area contributed by atoms with Gasteiger partial charge in [-0.2, -0.15) is 0 Å². The molecule has 2 aromatic rings. The smallest absolute Gasteiger partial charge is 0.265 e. The van der Waals surface area contributed by atoms with E-state index in [0.717, 1.165) is 49.0 Å². The highest BCUT2D eigenvalue weighted by Gasteiger charge is 2.40. The van der Waals surface area contributed by atoms with Gasteiger partial charge in [-0.15, -0.1) is 11.3 Å². The predicted molar refractivity (Wildman–Crippen MR) is 119 cm³/mol. The molecule has 3 aliphatic rings. The van der Waals surface area contributed by atoms with Gasteiger partial charge in [-0.1, -0.05) is 12.1 Å². The van der Waals surface area contributed by atoms with Gasteiger partial charge >= 0.3 is 0 Å². The molecule has 168 valence electrons. The fourth-order valence-corrected chi connectivity index (χ4v) is 5.59. The predicted octanol–water partition coefficient (Wildman–Crippen LogP) is 2.81. The number of morpholine rings is 1. The van der Waals surface area contributed by atoms with Crippen molar-refractivity contribution in [1.29, 1.82) is 0 Å². The topological polar surface area (TPSA) is 76.2 Å². The van der Waals surface area contributed by atoms with Crippen LogP contribution in [-0.4, -0.2) is 59.6 Å². The number of thiophene rings is 1. The molecule has 32 heavy (non-hydrogen) atoms.